The molecule has 2 heteroatoms. The van der Waals surface area contributed by atoms with Crippen LogP contribution in [0.4, 0.5) is 0 Å². The van der Waals surface area contributed by atoms with Gasteiger partial charge in [0.2, 0.25) is 0 Å². The van der Waals surface area contributed by atoms with Gasteiger partial charge in [-0.2, -0.15) is 0 Å². The second-order valence-corrected chi connectivity index (χ2v) is 6.88. The van der Waals surface area contributed by atoms with Crippen LogP contribution < -0.4 is 5.32 Å². The number of rotatable bonds is 1. The van der Waals surface area contributed by atoms with Crippen molar-refractivity contribution in [3.63, 3.8) is 0 Å². The lowest BCUT2D eigenvalue weighted by atomic mass is 9.93. The molecular weight excluding hydrogens is 220 g/mol. The lowest BCUT2D eigenvalue weighted by Crippen LogP contribution is -2.48. The minimum absolute atomic E-state index is 0.691. The van der Waals surface area contributed by atoms with Crippen LogP contribution >= 0.6 is 0 Å². The average molecular weight is 252 g/mol. The molecule has 1 aliphatic heterocycles. The Labute approximate surface area is 114 Å². The quantitative estimate of drug-likeness (QED) is 0.721. The Bertz CT molecular complexity index is 241. The third kappa shape index (κ3) is 3.96. The van der Waals surface area contributed by atoms with Crippen LogP contribution in [0, 0.1) is 11.8 Å². The van der Waals surface area contributed by atoms with Crippen LogP contribution in [0.15, 0.2) is 0 Å². The normalized spacial score (nSPS) is 40.8. The van der Waals surface area contributed by atoms with Gasteiger partial charge in [-0.1, -0.05) is 33.1 Å². The maximum atomic E-state index is 3.65. The minimum Gasteiger partial charge on any atom is -0.314 e. The lowest BCUT2D eigenvalue weighted by molar-refractivity contribution is 0.106. The van der Waals surface area contributed by atoms with Crippen molar-refractivity contribution in [2.45, 2.75) is 71.4 Å². The zero-order valence-corrected chi connectivity index (χ0v) is 12.6. The molecule has 1 saturated carbocycles. The van der Waals surface area contributed by atoms with Crippen molar-refractivity contribution in [3.05, 3.63) is 0 Å². The van der Waals surface area contributed by atoms with E-state index in [2.05, 4.69) is 31.0 Å². The van der Waals surface area contributed by atoms with Gasteiger partial charge in [0.05, 0.1) is 0 Å². The number of hydrogen-bond donors (Lipinski definition) is 1. The average Bonchev–Trinajstić information content (AvgIpc) is 2.55. The molecule has 106 valence electrons. The number of hydrogen-bond acceptors (Lipinski definition) is 2. The van der Waals surface area contributed by atoms with Crippen LogP contribution in [-0.4, -0.2) is 36.6 Å². The lowest BCUT2D eigenvalue weighted by Gasteiger charge is -2.39. The van der Waals surface area contributed by atoms with E-state index in [0.717, 1.165) is 17.9 Å². The van der Waals surface area contributed by atoms with E-state index in [1.165, 1.54) is 58.2 Å². The maximum absolute atomic E-state index is 3.65. The molecule has 2 aliphatic rings. The van der Waals surface area contributed by atoms with Gasteiger partial charge in [0, 0.05) is 18.6 Å². The minimum atomic E-state index is 0.691. The van der Waals surface area contributed by atoms with Gasteiger partial charge in [0.25, 0.3) is 0 Å². The van der Waals surface area contributed by atoms with E-state index in [9.17, 15) is 0 Å². The molecule has 18 heavy (non-hydrogen) atoms. The van der Waals surface area contributed by atoms with E-state index in [1.54, 1.807) is 0 Å². The summed E-state index contributed by atoms with van der Waals surface area (Å²) in [7, 11) is 0. The van der Waals surface area contributed by atoms with Crippen LogP contribution in [-0.2, 0) is 0 Å². The summed E-state index contributed by atoms with van der Waals surface area (Å²) in [5.74, 6) is 1.70. The third-order valence-corrected chi connectivity index (χ3v) is 5.00. The highest BCUT2D eigenvalue weighted by atomic mass is 15.2. The standard InChI is InChI=1S/C16H32N2/c1-13-11-17-15(3)9-10-18(12-13)16-8-6-4-5-7-14(16)2/h13-17H,4-12H2,1-3H3. The molecule has 0 aromatic carbocycles. The molecule has 1 N–H and O–H groups in total. The molecule has 0 bridgehead atoms. The van der Waals surface area contributed by atoms with Crippen molar-refractivity contribution >= 4 is 0 Å². The summed E-state index contributed by atoms with van der Waals surface area (Å²) in [4.78, 5) is 2.83. The van der Waals surface area contributed by atoms with Crippen LogP contribution in [0.1, 0.15) is 59.3 Å². The molecule has 0 amide bonds. The Morgan fingerprint density at radius 2 is 1.72 bits per heavy atom. The largest absolute Gasteiger partial charge is 0.314 e. The highest BCUT2D eigenvalue weighted by molar-refractivity contribution is 4.83. The molecule has 4 atom stereocenters. The zero-order valence-electron chi connectivity index (χ0n) is 12.6. The Hall–Kier alpha value is -0.0800. The summed E-state index contributed by atoms with van der Waals surface area (Å²) >= 11 is 0. The summed E-state index contributed by atoms with van der Waals surface area (Å²) < 4.78 is 0. The molecule has 4 unspecified atom stereocenters. The predicted molar refractivity (Wildman–Crippen MR) is 78.9 cm³/mol. The summed E-state index contributed by atoms with van der Waals surface area (Å²) in [6, 6.07) is 1.55. The molecule has 1 heterocycles. The first-order valence-electron chi connectivity index (χ1n) is 8.14. The van der Waals surface area contributed by atoms with E-state index in [-0.39, 0.29) is 0 Å². The summed E-state index contributed by atoms with van der Waals surface area (Å²) in [5.41, 5.74) is 0. The van der Waals surface area contributed by atoms with Crippen molar-refractivity contribution in [2.75, 3.05) is 19.6 Å². The van der Waals surface area contributed by atoms with Crippen molar-refractivity contribution in [2.24, 2.45) is 11.8 Å². The van der Waals surface area contributed by atoms with E-state index in [1.807, 2.05) is 0 Å². The highest BCUT2D eigenvalue weighted by Gasteiger charge is 2.28. The Kier molecular flexibility index (Phi) is 5.50. The predicted octanol–water partition coefficient (Wildman–Crippen LogP) is 3.28. The highest BCUT2D eigenvalue weighted by Crippen LogP contribution is 2.28. The van der Waals surface area contributed by atoms with Gasteiger partial charge < -0.3 is 5.32 Å². The van der Waals surface area contributed by atoms with Crippen molar-refractivity contribution < 1.29 is 0 Å². The van der Waals surface area contributed by atoms with Crippen LogP contribution in [0.25, 0.3) is 0 Å². The fourth-order valence-corrected chi connectivity index (χ4v) is 3.74. The molecule has 2 nitrogen and oxygen atoms in total. The first-order chi connectivity index (χ1) is 8.66. The van der Waals surface area contributed by atoms with E-state index < -0.39 is 0 Å². The Morgan fingerprint density at radius 3 is 2.56 bits per heavy atom. The van der Waals surface area contributed by atoms with Gasteiger partial charge in [-0.15, -0.1) is 0 Å². The molecule has 1 saturated heterocycles. The third-order valence-electron chi connectivity index (χ3n) is 5.00. The molecule has 0 aromatic heterocycles. The van der Waals surface area contributed by atoms with E-state index in [4.69, 9.17) is 0 Å². The van der Waals surface area contributed by atoms with Gasteiger partial charge in [0.15, 0.2) is 0 Å². The zero-order chi connectivity index (χ0) is 13.0. The van der Waals surface area contributed by atoms with Crippen LogP contribution in [0.5, 0.6) is 0 Å². The van der Waals surface area contributed by atoms with Crippen molar-refractivity contribution in [3.8, 4) is 0 Å². The Morgan fingerprint density at radius 1 is 0.944 bits per heavy atom. The van der Waals surface area contributed by atoms with Gasteiger partial charge in [-0.05, 0) is 51.1 Å². The second kappa shape index (κ2) is 6.91. The Balaban J connectivity index is 1.98. The van der Waals surface area contributed by atoms with Crippen molar-refractivity contribution in [1.29, 1.82) is 0 Å². The summed E-state index contributed by atoms with van der Waals surface area (Å²) in [6.45, 7) is 11.0. The fourth-order valence-electron chi connectivity index (χ4n) is 3.74. The van der Waals surface area contributed by atoms with Crippen molar-refractivity contribution in [1.82, 2.24) is 10.2 Å². The molecule has 0 spiro atoms. The SMILES string of the molecule is CC1CNC(C)CCN(C2CCCCCC2C)C1. The van der Waals surface area contributed by atoms with Gasteiger partial charge in [-0.3, -0.25) is 4.90 Å². The van der Waals surface area contributed by atoms with Crippen LogP contribution in [0.2, 0.25) is 0 Å². The van der Waals surface area contributed by atoms with E-state index >= 15 is 0 Å². The number of nitrogens with zero attached hydrogens (tertiary/aromatic N) is 1. The second-order valence-electron chi connectivity index (χ2n) is 6.88. The molecule has 2 fully saturated rings. The fraction of sp³-hybridized carbons (Fsp3) is 1.00. The smallest absolute Gasteiger partial charge is 0.0121 e. The first-order valence-corrected chi connectivity index (χ1v) is 8.14. The van der Waals surface area contributed by atoms with Gasteiger partial charge in [-0.25, -0.2) is 0 Å². The number of nitrogens with one attached hydrogen (secondary N) is 1. The summed E-state index contributed by atoms with van der Waals surface area (Å²) in [6.07, 6.45) is 8.57. The summed E-state index contributed by atoms with van der Waals surface area (Å²) in [5, 5.41) is 3.65. The molecule has 1 aliphatic carbocycles. The van der Waals surface area contributed by atoms with Crippen LogP contribution in [0.3, 0.4) is 0 Å². The van der Waals surface area contributed by atoms with E-state index in [0.29, 0.717) is 6.04 Å². The molecule has 2 rings (SSSR count). The molecule has 0 radical (unpaired) electrons. The first kappa shape index (κ1) is 14.3. The maximum Gasteiger partial charge on any atom is 0.0121 e. The van der Waals surface area contributed by atoms with Gasteiger partial charge in [0.1, 0.15) is 0 Å². The topological polar surface area (TPSA) is 15.3 Å². The van der Waals surface area contributed by atoms with Gasteiger partial charge >= 0.3 is 0 Å². The molecular formula is C16H32N2. The molecule has 0 aromatic rings. The monoisotopic (exact) mass is 252 g/mol.